The van der Waals surface area contributed by atoms with Gasteiger partial charge in [-0.3, -0.25) is 9.59 Å². The van der Waals surface area contributed by atoms with E-state index in [2.05, 4.69) is 20.6 Å². The zero-order valence-electron chi connectivity index (χ0n) is 13.5. The zero-order valence-corrected chi connectivity index (χ0v) is 14.2. The van der Waals surface area contributed by atoms with E-state index in [9.17, 15) is 9.59 Å². The number of rotatable bonds is 3. The number of halogens is 1. The molecule has 0 radical (unpaired) electrons. The fourth-order valence-electron chi connectivity index (χ4n) is 2.64. The predicted molar refractivity (Wildman–Crippen MR) is 97.1 cm³/mol. The molecular weight excluding hydrogens is 358 g/mol. The maximum Gasteiger partial charge on any atom is 0.281 e. The first-order valence-electron chi connectivity index (χ1n) is 7.59. The van der Waals surface area contributed by atoms with Crippen LogP contribution < -0.4 is 15.6 Å². The summed E-state index contributed by atoms with van der Waals surface area (Å²) in [4.78, 5) is 28.8. The lowest BCUT2D eigenvalue weighted by Gasteiger charge is -2.08. The van der Waals surface area contributed by atoms with Crippen molar-refractivity contribution in [3.8, 4) is 5.75 Å². The van der Waals surface area contributed by atoms with Gasteiger partial charge in [0.2, 0.25) is 0 Å². The van der Waals surface area contributed by atoms with Gasteiger partial charge in [0.25, 0.3) is 11.5 Å². The summed E-state index contributed by atoms with van der Waals surface area (Å²) in [5, 5.41) is 10.1. The highest BCUT2D eigenvalue weighted by atomic mass is 35.5. The fraction of sp³-hybridized carbons (Fsp3) is 0.0588. The summed E-state index contributed by atoms with van der Waals surface area (Å²) in [5.74, 6) is -0.0157. The van der Waals surface area contributed by atoms with Crippen LogP contribution >= 0.6 is 11.6 Å². The van der Waals surface area contributed by atoms with E-state index in [1.165, 1.54) is 11.6 Å². The van der Waals surface area contributed by atoms with Gasteiger partial charge in [0.1, 0.15) is 5.75 Å². The number of aromatic nitrogens is 4. The highest BCUT2D eigenvalue weighted by molar-refractivity contribution is 6.34. The Hall–Kier alpha value is -3.39. The van der Waals surface area contributed by atoms with Gasteiger partial charge in [-0.1, -0.05) is 23.7 Å². The number of hydrogen-bond acceptors (Lipinski definition) is 5. The van der Waals surface area contributed by atoms with Gasteiger partial charge in [-0.2, -0.15) is 4.98 Å². The number of anilines is 1. The Kier molecular flexibility index (Phi) is 3.81. The molecule has 0 spiro atoms. The average Bonchev–Trinajstić information content (AvgIpc) is 3.08. The Labute approximate surface area is 151 Å². The molecule has 2 aromatic carbocycles. The monoisotopic (exact) mass is 369 g/mol. The van der Waals surface area contributed by atoms with E-state index in [-0.39, 0.29) is 11.3 Å². The number of aromatic amines is 1. The van der Waals surface area contributed by atoms with Crippen LogP contribution in [0.1, 0.15) is 10.5 Å². The van der Waals surface area contributed by atoms with E-state index >= 15 is 0 Å². The molecule has 2 heterocycles. The SMILES string of the molecule is COc1ccc(Cl)c(NC(=O)c2n[nH]n3c2nc(=O)c2ccccc23)c1. The van der Waals surface area contributed by atoms with E-state index in [4.69, 9.17) is 16.3 Å². The van der Waals surface area contributed by atoms with Gasteiger partial charge < -0.3 is 10.1 Å². The van der Waals surface area contributed by atoms with Crippen LogP contribution in [-0.2, 0) is 0 Å². The maximum atomic E-state index is 12.6. The third kappa shape index (κ3) is 2.56. The second-order valence-corrected chi connectivity index (χ2v) is 5.86. The number of fused-ring (bicyclic) bond motifs is 3. The van der Waals surface area contributed by atoms with Crippen molar-refractivity contribution in [3.05, 3.63) is 63.5 Å². The molecule has 0 saturated heterocycles. The topological polar surface area (TPSA) is 101 Å². The van der Waals surface area contributed by atoms with Gasteiger partial charge in [-0.25, -0.2) is 9.73 Å². The van der Waals surface area contributed by atoms with Crippen LogP contribution in [0.2, 0.25) is 5.02 Å². The molecule has 0 fully saturated rings. The molecule has 4 aromatic rings. The summed E-state index contributed by atoms with van der Waals surface area (Å²) in [6.07, 6.45) is 0. The van der Waals surface area contributed by atoms with Crippen molar-refractivity contribution in [3.63, 3.8) is 0 Å². The second kappa shape index (κ2) is 6.16. The summed E-state index contributed by atoms with van der Waals surface area (Å²) in [5.41, 5.74) is 0.612. The summed E-state index contributed by atoms with van der Waals surface area (Å²) in [7, 11) is 1.51. The molecule has 0 aliphatic carbocycles. The number of benzene rings is 2. The van der Waals surface area contributed by atoms with Crippen LogP contribution in [0.3, 0.4) is 0 Å². The molecule has 0 bridgehead atoms. The molecule has 2 N–H and O–H groups in total. The predicted octanol–water partition coefficient (Wildman–Crippen LogP) is 2.49. The van der Waals surface area contributed by atoms with E-state index in [0.717, 1.165) is 0 Å². The standard InChI is InChI=1S/C17H12ClN5O3/c1-26-9-6-7-11(18)12(8-9)19-17(25)14-15-20-16(24)10-4-2-3-5-13(10)23(15)22-21-14/h2-8,22H,1H3,(H,19,25). The van der Waals surface area contributed by atoms with Crippen LogP contribution in [0.15, 0.2) is 47.3 Å². The van der Waals surface area contributed by atoms with Gasteiger partial charge in [0.15, 0.2) is 11.3 Å². The summed E-state index contributed by atoms with van der Waals surface area (Å²) < 4.78 is 6.61. The molecule has 8 nitrogen and oxygen atoms in total. The van der Waals surface area contributed by atoms with Crippen molar-refractivity contribution in [1.29, 1.82) is 0 Å². The molecule has 0 atom stereocenters. The summed E-state index contributed by atoms with van der Waals surface area (Å²) >= 11 is 6.11. The number of nitrogens with zero attached hydrogens (tertiary/aromatic N) is 3. The number of carbonyl (C=O) groups excluding carboxylic acids is 1. The maximum absolute atomic E-state index is 12.6. The van der Waals surface area contributed by atoms with Crippen LogP contribution in [0.5, 0.6) is 5.75 Å². The van der Waals surface area contributed by atoms with Crippen molar-refractivity contribution >= 4 is 39.7 Å². The highest BCUT2D eigenvalue weighted by Gasteiger charge is 2.19. The zero-order chi connectivity index (χ0) is 18.3. The number of para-hydroxylation sites is 1. The van der Waals surface area contributed by atoms with Crippen LogP contribution in [0, 0.1) is 0 Å². The number of hydrogen-bond donors (Lipinski definition) is 2. The van der Waals surface area contributed by atoms with E-state index in [1.54, 1.807) is 42.5 Å². The molecule has 2 aromatic heterocycles. The van der Waals surface area contributed by atoms with Crippen LogP contribution in [0.4, 0.5) is 5.69 Å². The number of amides is 1. The number of nitrogens with one attached hydrogen (secondary N) is 2. The molecule has 1 amide bonds. The van der Waals surface area contributed by atoms with Gasteiger partial charge in [-0.15, -0.1) is 5.10 Å². The highest BCUT2D eigenvalue weighted by Crippen LogP contribution is 2.27. The number of ether oxygens (including phenoxy) is 1. The number of methoxy groups -OCH3 is 1. The summed E-state index contributed by atoms with van der Waals surface area (Å²) in [6, 6.07) is 11.8. The Balaban J connectivity index is 1.80. The van der Waals surface area contributed by atoms with Crippen molar-refractivity contribution in [2.45, 2.75) is 0 Å². The minimum absolute atomic E-state index is 0.0215. The first-order valence-corrected chi connectivity index (χ1v) is 7.97. The van der Waals surface area contributed by atoms with Crippen molar-refractivity contribution in [2.75, 3.05) is 12.4 Å². The third-order valence-corrected chi connectivity index (χ3v) is 4.23. The molecule has 4 rings (SSSR count). The van der Waals surface area contributed by atoms with E-state index in [0.29, 0.717) is 27.4 Å². The minimum atomic E-state index is -0.555. The third-order valence-electron chi connectivity index (χ3n) is 3.91. The molecule has 26 heavy (non-hydrogen) atoms. The molecule has 9 heteroatoms. The lowest BCUT2D eigenvalue weighted by atomic mass is 10.2. The lowest BCUT2D eigenvalue weighted by Crippen LogP contribution is -2.16. The Morgan fingerprint density at radius 2 is 2.08 bits per heavy atom. The first-order chi connectivity index (χ1) is 12.6. The van der Waals surface area contributed by atoms with Gasteiger partial charge in [0.05, 0.1) is 28.7 Å². The Morgan fingerprint density at radius 3 is 2.88 bits per heavy atom. The largest absolute Gasteiger partial charge is 0.497 e. The van der Waals surface area contributed by atoms with Crippen LogP contribution in [-0.4, -0.2) is 32.8 Å². The molecular formula is C17H12ClN5O3. The van der Waals surface area contributed by atoms with E-state index in [1.807, 2.05) is 0 Å². The average molecular weight is 370 g/mol. The van der Waals surface area contributed by atoms with Gasteiger partial charge in [-0.05, 0) is 24.3 Å². The number of carbonyl (C=O) groups is 1. The molecule has 0 unspecified atom stereocenters. The van der Waals surface area contributed by atoms with Crippen molar-refractivity contribution in [2.24, 2.45) is 0 Å². The Bertz CT molecular complexity index is 1210. The minimum Gasteiger partial charge on any atom is -0.497 e. The molecule has 0 saturated carbocycles. The van der Waals surface area contributed by atoms with Crippen molar-refractivity contribution < 1.29 is 9.53 Å². The second-order valence-electron chi connectivity index (χ2n) is 5.45. The normalized spacial score (nSPS) is 11.0. The van der Waals surface area contributed by atoms with Gasteiger partial charge >= 0.3 is 0 Å². The summed E-state index contributed by atoms with van der Waals surface area (Å²) in [6.45, 7) is 0. The lowest BCUT2D eigenvalue weighted by molar-refractivity contribution is 0.102. The van der Waals surface area contributed by atoms with Crippen molar-refractivity contribution in [1.82, 2.24) is 19.8 Å². The quantitative estimate of drug-likeness (QED) is 0.577. The fourth-order valence-corrected chi connectivity index (χ4v) is 2.81. The van der Waals surface area contributed by atoms with E-state index < -0.39 is 11.5 Å². The molecule has 0 aliphatic rings. The Morgan fingerprint density at radius 1 is 1.27 bits per heavy atom. The molecule has 130 valence electrons. The van der Waals surface area contributed by atoms with Crippen LogP contribution in [0.25, 0.3) is 16.6 Å². The first kappa shape index (κ1) is 16.1. The number of H-pyrrole nitrogens is 1. The van der Waals surface area contributed by atoms with Gasteiger partial charge in [0, 0.05) is 6.07 Å². The molecule has 0 aliphatic heterocycles. The smallest absolute Gasteiger partial charge is 0.281 e.